The summed E-state index contributed by atoms with van der Waals surface area (Å²) < 4.78 is 20.5. The molecule has 1 aliphatic heterocycles. The fourth-order valence-electron chi connectivity index (χ4n) is 3.63. The van der Waals surface area contributed by atoms with Gasteiger partial charge in [-0.1, -0.05) is 39.8 Å². The number of carbonyl (C=O) groups excluding carboxylic acids is 1. The molecule has 5 nitrogen and oxygen atoms in total. The first-order valence-electron chi connectivity index (χ1n) is 10.8. The number of pyridine rings is 1. The monoisotopic (exact) mass is 413 g/mol. The molecule has 0 saturated carbocycles. The zero-order chi connectivity index (χ0) is 22.1. The lowest BCUT2D eigenvalue weighted by molar-refractivity contribution is 0.0518. The Kier molecular flexibility index (Phi) is 8.84. The van der Waals surface area contributed by atoms with E-state index in [1.54, 1.807) is 23.5 Å². The average Bonchev–Trinajstić information content (AvgIpc) is 3.43. The number of imidazole rings is 1. The van der Waals surface area contributed by atoms with Gasteiger partial charge in [0.15, 0.2) is 5.69 Å². The van der Waals surface area contributed by atoms with Gasteiger partial charge in [-0.05, 0) is 49.6 Å². The SMILES string of the molecule is CC.CC.CCOC(=O)c1cnc2ccc(N3CCCC3c3cccc(F)c3)cn12. The molecule has 1 saturated heterocycles. The topological polar surface area (TPSA) is 46.8 Å². The van der Waals surface area contributed by atoms with E-state index >= 15 is 0 Å². The van der Waals surface area contributed by atoms with Crippen LogP contribution in [0.2, 0.25) is 0 Å². The lowest BCUT2D eigenvalue weighted by atomic mass is 10.0. The van der Waals surface area contributed by atoms with Crippen molar-refractivity contribution in [1.82, 2.24) is 9.38 Å². The Bertz CT molecular complexity index is 955. The third-order valence-electron chi connectivity index (χ3n) is 4.79. The number of hydrogen-bond donors (Lipinski definition) is 0. The summed E-state index contributed by atoms with van der Waals surface area (Å²) >= 11 is 0. The van der Waals surface area contributed by atoms with Crippen molar-refractivity contribution < 1.29 is 13.9 Å². The highest BCUT2D eigenvalue weighted by Crippen LogP contribution is 2.36. The lowest BCUT2D eigenvalue weighted by Gasteiger charge is -2.27. The van der Waals surface area contributed by atoms with E-state index in [9.17, 15) is 9.18 Å². The number of halogens is 1. The molecule has 3 heterocycles. The number of ether oxygens (including phenoxy) is 1. The first kappa shape index (κ1) is 23.4. The molecule has 4 rings (SSSR count). The van der Waals surface area contributed by atoms with Gasteiger partial charge >= 0.3 is 5.97 Å². The van der Waals surface area contributed by atoms with Crippen molar-refractivity contribution in [2.45, 2.75) is 53.5 Å². The molecule has 1 unspecified atom stereocenters. The van der Waals surface area contributed by atoms with Crippen LogP contribution in [0.1, 0.15) is 69.6 Å². The molecule has 0 radical (unpaired) electrons. The summed E-state index contributed by atoms with van der Waals surface area (Å²) in [7, 11) is 0. The van der Waals surface area contributed by atoms with Crippen molar-refractivity contribution in [3.8, 4) is 0 Å². The van der Waals surface area contributed by atoms with Gasteiger partial charge < -0.3 is 9.64 Å². The van der Waals surface area contributed by atoms with Gasteiger partial charge in [0.25, 0.3) is 0 Å². The first-order chi connectivity index (χ1) is 14.7. The molecule has 0 N–H and O–H groups in total. The normalized spacial score (nSPS) is 15.1. The van der Waals surface area contributed by atoms with Gasteiger partial charge in [0, 0.05) is 12.7 Å². The second-order valence-corrected chi connectivity index (χ2v) is 6.39. The Labute approximate surface area is 178 Å². The minimum atomic E-state index is -0.389. The summed E-state index contributed by atoms with van der Waals surface area (Å²) in [5, 5.41) is 0. The maximum absolute atomic E-state index is 13.6. The Morgan fingerprint density at radius 1 is 1.20 bits per heavy atom. The molecule has 0 bridgehead atoms. The second kappa shape index (κ2) is 11.3. The molecule has 30 heavy (non-hydrogen) atoms. The minimum absolute atomic E-state index is 0.123. The third kappa shape index (κ3) is 4.99. The number of anilines is 1. The van der Waals surface area contributed by atoms with Gasteiger partial charge in [0.2, 0.25) is 0 Å². The fraction of sp³-hybridized carbons (Fsp3) is 0.417. The molecule has 0 spiro atoms. The summed E-state index contributed by atoms with van der Waals surface area (Å²) in [5.74, 6) is -0.607. The van der Waals surface area contributed by atoms with Crippen LogP contribution < -0.4 is 4.90 Å². The highest BCUT2D eigenvalue weighted by molar-refractivity contribution is 5.88. The molecule has 6 heteroatoms. The van der Waals surface area contributed by atoms with Crippen LogP contribution in [0.4, 0.5) is 10.1 Å². The van der Waals surface area contributed by atoms with Crippen LogP contribution in [0.3, 0.4) is 0 Å². The number of esters is 1. The number of fused-ring (bicyclic) bond motifs is 1. The van der Waals surface area contributed by atoms with Gasteiger partial charge in [-0.25, -0.2) is 14.2 Å². The van der Waals surface area contributed by atoms with E-state index in [1.807, 2.05) is 52.1 Å². The van der Waals surface area contributed by atoms with E-state index < -0.39 is 0 Å². The molecule has 162 valence electrons. The van der Waals surface area contributed by atoms with Crippen LogP contribution in [0, 0.1) is 5.82 Å². The van der Waals surface area contributed by atoms with E-state index in [2.05, 4.69) is 9.88 Å². The molecular weight excluding hydrogens is 381 g/mol. The molecule has 3 aromatic rings. The number of hydrogen-bond acceptors (Lipinski definition) is 4. The zero-order valence-electron chi connectivity index (χ0n) is 18.6. The number of benzene rings is 1. The van der Waals surface area contributed by atoms with Crippen LogP contribution in [0.15, 0.2) is 48.8 Å². The lowest BCUT2D eigenvalue weighted by Crippen LogP contribution is -2.23. The van der Waals surface area contributed by atoms with Crippen molar-refractivity contribution in [2.75, 3.05) is 18.1 Å². The van der Waals surface area contributed by atoms with Crippen molar-refractivity contribution in [1.29, 1.82) is 0 Å². The molecule has 1 aromatic carbocycles. The summed E-state index contributed by atoms with van der Waals surface area (Å²) in [6.07, 6.45) is 5.45. The maximum Gasteiger partial charge on any atom is 0.356 e. The highest BCUT2D eigenvalue weighted by atomic mass is 19.1. The number of rotatable bonds is 4. The van der Waals surface area contributed by atoms with Gasteiger partial charge in [-0.3, -0.25) is 4.40 Å². The Morgan fingerprint density at radius 3 is 2.67 bits per heavy atom. The van der Waals surface area contributed by atoms with Crippen molar-refractivity contribution in [3.05, 3.63) is 65.9 Å². The van der Waals surface area contributed by atoms with E-state index in [0.717, 1.165) is 30.6 Å². The Hall–Kier alpha value is -2.89. The molecule has 0 aliphatic carbocycles. The second-order valence-electron chi connectivity index (χ2n) is 6.39. The van der Waals surface area contributed by atoms with E-state index in [4.69, 9.17) is 4.74 Å². The number of nitrogens with zero attached hydrogens (tertiary/aromatic N) is 3. The largest absolute Gasteiger partial charge is 0.461 e. The smallest absolute Gasteiger partial charge is 0.356 e. The summed E-state index contributed by atoms with van der Waals surface area (Å²) in [6, 6.07) is 10.8. The fourth-order valence-corrected chi connectivity index (χ4v) is 3.63. The van der Waals surface area contributed by atoms with E-state index in [1.165, 1.54) is 12.3 Å². The van der Waals surface area contributed by atoms with Crippen LogP contribution in [-0.4, -0.2) is 28.5 Å². The molecule has 0 amide bonds. The van der Waals surface area contributed by atoms with Gasteiger partial charge in [0.1, 0.15) is 11.5 Å². The molecule has 1 fully saturated rings. The maximum atomic E-state index is 13.6. The first-order valence-corrected chi connectivity index (χ1v) is 10.8. The quantitative estimate of drug-likeness (QED) is 0.489. The van der Waals surface area contributed by atoms with Crippen molar-refractivity contribution in [2.24, 2.45) is 0 Å². The van der Waals surface area contributed by atoms with Crippen LogP contribution in [0.25, 0.3) is 5.65 Å². The Morgan fingerprint density at radius 2 is 1.97 bits per heavy atom. The van der Waals surface area contributed by atoms with E-state index in [0.29, 0.717) is 17.9 Å². The van der Waals surface area contributed by atoms with Gasteiger partial charge in [-0.15, -0.1) is 0 Å². The van der Waals surface area contributed by atoms with E-state index in [-0.39, 0.29) is 17.8 Å². The summed E-state index contributed by atoms with van der Waals surface area (Å²) in [6.45, 7) is 11.0. The minimum Gasteiger partial charge on any atom is -0.461 e. The zero-order valence-corrected chi connectivity index (χ0v) is 18.6. The van der Waals surface area contributed by atoms with Crippen LogP contribution >= 0.6 is 0 Å². The number of carbonyl (C=O) groups is 1. The predicted octanol–water partition coefficient (Wildman–Crippen LogP) is 6.04. The predicted molar refractivity (Wildman–Crippen MR) is 120 cm³/mol. The van der Waals surface area contributed by atoms with Crippen molar-refractivity contribution in [3.63, 3.8) is 0 Å². The summed E-state index contributed by atoms with van der Waals surface area (Å²) in [4.78, 5) is 18.7. The molecular formula is C24H32FN3O2. The third-order valence-corrected chi connectivity index (χ3v) is 4.79. The Balaban J connectivity index is 0.000000757. The summed E-state index contributed by atoms with van der Waals surface area (Å²) in [5.41, 5.74) is 3.05. The average molecular weight is 414 g/mol. The van der Waals surface area contributed by atoms with Gasteiger partial charge in [-0.2, -0.15) is 0 Å². The molecule has 1 atom stereocenters. The number of aromatic nitrogens is 2. The molecule has 2 aromatic heterocycles. The van der Waals surface area contributed by atoms with Crippen LogP contribution in [-0.2, 0) is 4.74 Å². The molecule has 1 aliphatic rings. The van der Waals surface area contributed by atoms with Gasteiger partial charge in [0.05, 0.1) is 24.5 Å². The standard InChI is InChI=1S/C20H20FN3O2.2C2H6/c1-2-26-20(25)18-12-22-19-9-8-16(13-24(18)19)23-10-4-7-17(23)14-5-3-6-15(21)11-14;2*1-2/h3,5-6,8-9,11-13,17H,2,4,7,10H2,1H3;2*1-2H3. The van der Waals surface area contributed by atoms with Crippen molar-refractivity contribution >= 4 is 17.3 Å². The van der Waals surface area contributed by atoms with Crippen LogP contribution in [0.5, 0.6) is 0 Å². The highest BCUT2D eigenvalue weighted by Gasteiger charge is 2.27.